The van der Waals surface area contributed by atoms with Gasteiger partial charge in [0.1, 0.15) is 6.42 Å². The fourth-order valence-corrected chi connectivity index (χ4v) is 1.64. The lowest BCUT2D eigenvalue weighted by Crippen LogP contribution is -2.47. The van der Waals surface area contributed by atoms with E-state index >= 15 is 0 Å². The lowest BCUT2D eigenvalue weighted by Gasteiger charge is -2.37. The van der Waals surface area contributed by atoms with Crippen LogP contribution in [0.4, 0.5) is 0 Å². The number of carbonyl (C=O) groups excluding carboxylic acids is 2. The topological polar surface area (TPSA) is 52.6 Å². The molecule has 86 valence electrons. The van der Waals surface area contributed by atoms with Crippen LogP contribution in [0.2, 0.25) is 0 Å². The predicted octanol–water partition coefficient (Wildman–Crippen LogP) is 2.02. The molecule has 0 saturated carbocycles. The number of hydrogen-bond donors (Lipinski definition) is 0. The molecule has 1 fully saturated rings. The third kappa shape index (κ3) is 2.94. The molecule has 0 spiro atoms. The molecule has 0 bridgehead atoms. The van der Waals surface area contributed by atoms with Gasteiger partial charge in [0.05, 0.1) is 0 Å². The second kappa shape index (κ2) is 4.64. The molecule has 1 heterocycles. The molecule has 0 aromatic carbocycles. The van der Waals surface area contributed by atoms with E-state index in [0.717, 1.165) is 19.3 Å². The van der Waals surface area contributed by atoms with Crippen molar-refractivity contribution in [3.63, 3.8) is 0 Å². The van der Waals surface area contributed by atoms with Gasteiger partial charge in [-0.2, -0.15) is 0 Å². The minimum atomic E-state index is -1.07. The van der Waals surface area contributed by atoms with Crippen LogP contribution in [-0.2, 0) is 19.1 Å². The molecule has 1 aliphatic heterocycles. The van der Waals surface area contributed by atoms with Crippen LogP contribution >= 0.6 is 0 Å². The summed E-state index contributed by atoms with van der Waals surface area (Å²) in [5, 5.41) is 0. The fraction of sp³-hybridized carbons (Fsp3) is 0.818. The van der Waals surface area contributed by atoms with E-state index in [4.69, 9.17) is 9.47 Å². The molecule has 4 heteroatoms. The van der Waals surface area contributed by atoms with Crippen LogP contribution in [0.3, 0.4) is 0 Å². The third-order valence-corrected chi connectivity index (χ3v) is 2.81. The molecule has 1 atom stereocenters. The average Bonchev–Trinajstić information content (AvgIpc) is 2.11. The zero-order chi connectivity index (χ0) is 11.5. The minimum Gasteiger partial charge on any atom is -0.422 e. The highest BCUT2D eigenvalue weighted by Crippen LogP contribution is 2.31. The van der Waals surface area contributed by atoms with Gasteiger partial charge in [0, 0.05) is 12.8 Å². The predicted molar refractivity (Wildman–Crippen MR) is 53.9 cm³/mol. The van der Waals surface area contributed by atoms with Crippen molar-refractivity contribution in [3.8, 4) is 0 Å². The molecule has 0 aromatic rings. The van der Waals surface area contributed by atoms with Crippen LogP contribution in [0, 0.1) is 5.92 Å². The summed E-state index contributed by atoms with van der Waals surface area (Å²) >= 11 is 0. The van der Waals surface area contributed by atoms with Crippen LogP contribution < -0.4 is 0 Å². The Morgan fingerprint density at radius 1 is 1.33 bits per heavy atom. The van der Waals surface area contributed by atoms with Gasteiger partial charge in [0.2, 0.25) is 0 Å². The van der Waals surface area contributed by atoms with Gasteiger partial charge in [-0.25, -0.2) is 0 Å². The van der Waals surface area contributed by atoms with E-state index < -0.39 is 17.7 Å². The van der Waals surface area contributed by atoms with Gasteiger partial charge in [0.25, 0.3) is 5.79 Å². The van der Waals surface area contributed by atoms with Crippen molar-refractivity contribution in [2.45, 2.75) is 52.2 Å². The van der Waals surface area contributed by atoms with Gasteiger partial charge in [0.15, 0.2) is 0 Å². The molecule has 0 radical (unpaired) electrons. The molecule has 1 unspecified atom stereocenters. The molecule has 0 aromatic heterocycles. The first-order valence-electron chi connectivity index (χ1n) is 5.41. The molecule has 0 aliphatic carbocycles. The van der Waals surface area contributed by atoms with E-state index in [2.05, 4.69) is 6.92 Å². The molecule has 1 saturated heterocycles. The summed E-state index contributed by atoms with van der Waals surface area (Å²) < 4.78 is 10.2. The monoisotopic (exact) mass is 214 g/mol. The first kappa shape index (κ1) is 12.0. The van der Waals surface area contributed by atoms with Crippen molar-refractivity contribution in [1.82, 2.24) is 0 Å². The number of unbranched alkanes of at least 4 members (excludes halogenated alkanes) is 1. The summed E-state index contributed by atoms with van der Waals surface area (Å²) in [4.78, 5) is 22.3. The summed E-state index contributed by atoms with van der Waals surface area (Å²) in [5.74, 6) is -2.01. The Morgan fingerprint density at radius 3 is 2.33 bits per heavy atom. The van der Waals surface area contributed by atoms with Crippen LogP contribution in [0.15, 0.2) is 0 Å². The fourth-order valence-electron chi connectivity index (χ4n) is 1.64. The van der Waals surface area contributed by atoms with E-state index in [1.165, 1.54) is 0 Å². The Hall–Kier alpha value is -1.06. The highest BCUT2D eigenvalue weighted by Gasteiger charge is 2.43. The third-order valence-electron chi connectivity index (χ3n) is 2.81. The Labute approximate surface area is 89.9 Å². The van der Waals surface area contributed by atoms with Crippen molar-refractivity contribution in [1.29, 1.82) is 0 Å². The van der Waals surface area contributed by atoms with Gasteiger partial charge >= 0.3 is 11.9 Å². The van der Waals surface area contributed by atoms with Crippen molar-refractivity contribution in [2.75, 3.05) is 0 Å². The second-order valence-electron chi connectivity index (χ2n) is 4.18. The van der Waals surface area contributed by atoms with Crippen LogP contribution in [-0.4, -0.2) is 17.7 Å². The van der Waals surface area contributed by atoms with E-state index in [-0.39, 0.29) is 12.3 Å². The first-order chi connectivity index (χ1) is 6.98. The van der Waals surface area contributed by atoms with Gasteiger partial charge in [-0.15, -0.1) is 0 Å². The quantitative estimate of drug-likeness (QED) is 0.530. The van der Waals surface area contributed by atoms with Crippen molar-refractivity contribution in [2.24, 2.45) is 5.92 Å². The average molecular weight is 214 g/mol. The number of ether oxygens (including phenoxy) is 2. The largest absolute Gasteiger partial charge is 0.422 e. The normalized spacial score (nSPS) is 21.8. The maximum absolute atomic E-state index is 11.1. The smallest absolute Gasteiger partial charge is 0.320 e. The van der Waals surface area contributed by atoms with E-state index in [0.29, 0.717) is 0 Å². The molecule has 0 amide bonds. The van der Waals surface area contributed by atoms with Crippen LogP contribution in [0.5, 0.6) is 0 Å². The molecule has 4 nitrogen and oxygen atoms in total. The maximum atomic E-state index is 11.1. The maximum Gasteiger partial charge on any atom is 0.320 e. The number of esters is 2. The molecule has 1 aliphatic rings. The second-order valence-corrected chi connectivity index (χ2v) is 4.18. The van der Waals surface area contributed by atoms with Gasteiger partial charge in [-0.05, 0) is 6.42 Å². The van der Waals surface area contributed by atoms with Gasteiger partial charge in [-0.3, -0.25) is 9.59 Å². The Kier molecular flexibility index (Phi) is 3.72. The summed E-state index contributed by atoms with van der Waals surface area (Å²) in [6.45, 7) is 5.68. The summed E-state index contributed by atoms with van der Waals surface area (Å²) in [6, 6.07) is 0. The molecule has 15 heavy (non-hydrogen) atoms. The molecule has 0 N–H and O–H groups in total. The number of carbonyl (C=O) groups is 2. The van der Waals surface area contributed by atoms with Gasteiger partial charge in [-0.1, -0.05) is 26.7 Å². The summed E-state index contributed by atoms with van der Waals surface area (Å²) in [5.41, 5.74) is 0. The van der Waals surface area contributed by atoms with E-state index in [1.54, 1.807) is 6.92 Å². The highest BCUT2D eigenvalue weighted by molar-refractivity contribution is 5.93. The van der Waals surface area contributed by atoms with Crippen LogP contribution in [0.25, 0.3) is 0 Å². The number of cyclic esters (lactones) is 2. The molecule has 1 rings (SSSR count). The lowest BCUT2D eigenvalue weighted by atomic mass is 9.95. The molecular weight excluding hydrogens is 196 g/mol. The number of rotatable bonds is 4. The highest BCUT2D eigenvalue weighted by atomic mass is 16.7. The minimum absolute atomic E-state index is 0.0330. The van der Waals surface area contributed by atoms with Gasteiger partial charge < -0.3 is 9.47 Å². The summed E-state index contributed by atoms with van der Waals surface area (Å²) in [6.07, 6.45) is 2.72. The first-order valence-corrected chi connectivity index (χ1v) is 5.41. The SMILES string of the molecule is CCCCC(C)C1(C)OC(=O)CC(=O)O1. The van der Waals surface area contributed by atoms with Crippen LogP contribution in [0.1, 0.15) is 46.5 Å². The Bertz CT molecular complexity index is 243. The standard InChI is InChI=1S/C11H18O4/c1-4-5-6-8(2)11(3)14-9(12)7-10(13)15-11/h8H,4-7H2,1-3H3. The van der Waals surface area contributed by atoms with Crippen molar-refractivity contribution < 1.29 is 19.1 Å². The summed E-state index contributed by atoms with van der Waals surface area (Å²) in [7, 11) is 0. The lowest BCUT2D eigenvalue weighted by molar-refractivity contribution is -0.253. The van der Waals surface area contributed by atoms with Crippen molar-refractivity contribution in [3.05, 3.63) is 0 Å². The zero-order valence-electron chi connectivity index (χ0n) is 9.54. The number of hydrogen-bond acceptors (Lipinski definition) is 4. The Balaban J connectivity index is 2.63. The van der Waals surface area contributed by atoms with Crippen molar-refractivity contribution >= 4 is 11.9 Å². The zero-order valence-corrected chi connectivity index (χ0v) is 9.54. The van der Waals surface area contributed by atoms with E-state index in [9.17, 15) is 9.59 Å². The van der Waals surface area contributed by atoms with E-state index in [1.807, 2.05) is 6.92 Å². The molecular formula is C11H18O4. The Morgan fingerprint density at radius 2 is 1.87 bits per heavy atom.